The Morgan fingerprint density at radius 1 is 0.258 bits per heavy atom. The number of furan rings is 4. The van der Waals surface area contributed by atoms with Gasteiger partial charge in [-0.2, -0.15) is 0 Å². The molecular formula is C52H62O4Y10-4. The van der Waals surface area contributed by atoms with Crippen LogP contribution in [-0.2, 0) is 327 Å². The van der Waals surface area contributed by atoms with Gasteiger partial charge in [0.05, 0.1) is 0 Å². The first-order chi connectivity index (χ1) is 25.2. The zero-order valence-corrected chi connectivity index (χ0v) is 70.9. The van der Waals surface area contributed by atoms with Gasteiger partial charge in [0.15, 0.2) is 0 Å². The van der Waals surface area contributed by atoms with Crippen molar-refractivity contribution in [3.05, 3.63) is 148 Å². The van der Waals surface area contributed by atoms with Gasteiger partial charge < -0.3 is 47.4 Å². The van der Waals surface area contributed by atoms with Crippen molar-refractivity contribution < 1.29 is 345 Å². The van der Waals surface area contributed by atoms with E-state index in [0.717, 1.165) is 98.9 Å². The SMILES string of the molecule is CC.CC.CC.Cc1cc(C)c2oc3cc4c(cc3c2c1)oc1c(C)cccc14.Cc1cc(C)c2oc3cc4c(cc3c2c1)oc1c(C)cccc14.[CH3-].[CH3-].[CH3-].[CH3-].[Y].[Y].[Y].[Y].[Y].[Y].[Y].[Y].[Y].[Y]. The number of hydrogen-bond donors (Lipinski definition) is 0. The first-order valence-corrected chi connectivity index (χ1v) is 18.7. The zero-order valence-electron chi connectivity index (χ0n) is 42.5. The van der Waals surface area contributed by atoms with E-state index in [4.69, 9.17) is 17.7 Å². The van der Waals surface area contributed by atoms with Crippen molar-refractivity contribution in [3.63, 3.8) is 0 Å². The molecule has 4 nitrogen and oxygen atoms in total. The van der Waals surface area contributed by atoms with Gasteiger partial charge in [0.1, 0.15) is 44.7 Å². The first kappa shape index (κ1) is 91.0. The Labute approximate surface area is 649 Å². The van der Waals surface area contributed by atoms with Gasteiger partial charge in [0.2, 0.25) is 0 Å². The van der Waals surface area contributed by atoms with Crippen molar-refractivity contribution in [3.8, 4) is 0 Å². The minimum absolute atomic E-state index is 0. The summed E-state index contributed by atoms with van der Waals surface area (Å²) in [5.74, 6) is 0. The Morgan fingerprint density at radius 3 is 0.742 bits per heavy atom. The number of para-hydroxylation sites is 2. The van der Waals surface area contributed by atoms with Crippen LogP contribution < -0.4 is 0 Å². The molecule has 0 N–H and O–H groups in total. The van der Waals surface area contributed by atoms with E-state index in [-0.39, 0.29) is 357 Å². The summed E-state index contributed by atoms with van der Waals surface area (Å²) in [6, 6.07) is 29.7. The molecule has 10 aromatic rings. The fourth-order valence-corrected chi connectivity index (χ4v) is 7.32. The van der Waals surface area contributed by atoms with E-state index in [9.17, 15) is 0 Å². The smallest absolute Gasteiger partial charge is 0.138 e. The molecule has 4 heterocycles. The summed E-state index contributed by atoms with van der Waals surface area (Å²) in [4.78, 5) is 0. The first-order valence-electron chi connectivity index (χ1n) is 18.7. The van der Waals surface area contributed by atoms with E-state index >= 15 is 0 Å². The van der Waals surface area contributed by atoms with Crippen LogP contribution in [0.15, 0.2) is 103 Å². The van der Waals surface area contributed by atoms with Crippen molar-refractivity contribution in [1.82, 2.24) is 0 Å². The molecule has 4 aromatic heterocycles. The molecular weight excluding hydrogens is 1580 g/mol. The van der Waals surface area contributed by atoms with E-state index in [1.165, 1.54) is 22.3 Å². The van der Waals surface area contributed by atoms with Crippen molar-refractivity contribution >= 4 is 87.8 Å². The number of fused-ring (bicyclic) bond motifs is 12. The molecule has 0 saturated heterocycles. The standard InChI is InChI=1S/2C21H16O2.3C2H6.4CH3.10Y/c2*1-11-7-13(3)21-17(8-11)16-10-18-15(9-19(16)23-21)14-6-4-5-12(2)20(14)22-18;3*1-2;;;;;;;;;;;;;;/h2*4-10H,1-3H3;3*1-2H3;4*1H3;;;;;;;;;;/q;;;;;4*-1;;;;;;;;;;. The summed E-state index contributed by atoms with van der Waals surface area (Å²) < 4.78 is 24.6. The molecule has 0 saturated carbocycles. The third-order valence-electron chi connectivity index (χ3n) is 9.43. The molecule has 14 heteroatoms. The van der Waals surface area contributed by atoms with Crippen molar-refractivity contribution in [2.75, 3.05) is 0 Å². The Bertz CT molecular complexity index is 2710. The van der Waals surface area contributed by atoms with E-state index in [0.29, 0.717) is 0 Å². The summed E-state index contributed by atoms with van der Waals surface area (Å²) in [6.45, 7) is 24.6. The van der Waals surface area contributed by atoms with Gasteiger partial charge in [-0.05, 0) is 111 Å². The summed E-state index contributed by atoms with van der Waals surface area (Å²) in [5, 5.41) is 9.10. The number of rotatable bonds is 0. The molecule has 10 rings (SSSR count). The Balaban J connectivity index is -0.000000106. The van der Waals surface area contributed by atoms with E-state index < -0.39 is 0 Å². The maximum Gasteiger partial charge on any atom is 0.138 e. The van der Waals surface area contributed by atoms with Gasteiger partial charge in [0, 0.05) is 370 Å². The third kappa shape index (κ3) is 19.5. The number of aryl methyl sites for hydroxylation is 6. The van der Waals surface area contributed by atoms with Crippen LogP contribution in [0.25, 0.3) is 87.8 Å². The maximum absolute atomic E-state index is 6.15. The molecule has 6 aromatic carbocycles. The predicted octanol–water partition coefficient (Wildman–Crippen LogP) is 17.7. The van der Waals surface area contributed by atoms with Crippen LogP contribution in [0.5, 0.6) is 0 Å². The van der Waals surface area contributed by atoms with Gasteiger partial charge in [-0.3, -0.25) is 0 Å². The second kappa shape index (κ2) is 42.6. The molecule has 0 spiro atoms. The van der Waals surface area contributed by atoms with Crippen LogP contribution in [0.4, 0.5) is 0 Å². The van der Waals surface area contributed by atoms with Crippen molar-refractivity contribution in [2.45, 2.75) is 83.1 Å². The number of hydrogen-bond acceptors (Lipinski definition) is 4. The largest absolute Gasteiger partial charge is 0.456 e. The molecule has 328 valence electrons. The second-order valence-corrected chi connectivity index (χ2v) is 12.9. The third-order valence-corrected chi connectivity index (χ3v) is 9.43. The van der Waals surface area contributed by atoms with Gasteiger partial charge in [0.25, 0.3) is 0 Å². The van der Waals surface area contributed by atoms with Crippen LogP contribution >= 0.6 is 0 Å². The van der Waals surface area contributed by atoms with E-state index in [1.54, 1.807) is 0 Å². The molecule has 10 radical (unpaired) electrons. The summed E-state index contributed by atoms with van der Waals surface area (Å²) in [5.41, 5.74) is 14.7. The Hall–Kier alpha value is 5.56. The fraction of sp³-hybridized carbons (Fsp3) is 0.231. The van der Waals surface area contributed by atoms with E-state index in [1.807, 2.05) is 41.5 Å². The summed E-state index contributed by atoms with van der Waals surface area (Å²) in [6.07, 6.45) is 0. The Kier molecular flexibility index (Phi) is 58.7. The Morgan fingerprint density at radius 2 is 0.485 bits per heavy atom. The molecule has 0 aliphatic carbocycles. The van der Waals surface area contributed by atoms with E-state index in [2.05, 4.69) is 126 Å². The number of benzene rings is 6. The van der Waals surface area contributed by atoms with Crippen molar-refractivity contribution in [2.24, 2.45) is 0 Å². The molecule has 0 fully saturated rings. The summed E-state index contributed by atoms with van der Waals surface area (Å²) in [7, 11) is 0. The van der Waals surface area contributed by atoms with Crippen LogP contribution in [0.2, 0.25) is 0 Å². The monoisotopic (exact) mass is 1640 g/mol. The summed E-state index contributed by atoms with van der Waals surface area (Å²) >= 11 is 0. The van der Waals surface area contributed by atoms with Crippen molar-refractivity contribution in [1.29, 1.82) is 0 Å². The maximum atomic E-state index is 6.15. The quantitative estimate of drug-likeness (QED) is 0.142. The molecule has 0 aliphatic heterocycles. The fourth-order valence-electron chi connectivity index (χ4n) is 7.32. The normalized spacial score (nSPS) is 8.73. The molecule has 0 amide bonds. The molecule has 0 unspecified atom stereocenters. The second-order valence-electron chi connectivity index (χ2n) is 12.9. The topological polar surface area (TPSA) is 52.6 Å². The van der Waals surface area contributed by atoms with Crippen LogP contribution in [0.3, 0.4) is 0 Å². The van der Waals surface area contributed by atoms with Gasteiger partial charge in [-0.1, -0.05) is 90.1 Å². The molecule has 0 atom stereocenters. The van der Waals surface area contributed by atoms with Crippen LogP contribution in [-0.4, -0.2) is 0 Å². The average Bonchev–Trinajstić information content (AvgIpc) is 3.91. The van der Waals surface area contributed by atoms with Gasteiger partial charge >= 0.3 is 0 Å². The molecule has 0 bridgehead atoms. The minimum atomic E-state index is 0. The van der Waals surface area contributed by atoms with Gasteiger partial charge in [-0.15, -0.1) is 0 Å². The average molecular weight is 1640 g/mol. The molecule has 66 heavy (non-hydrogen) atoms. The van der Waals surface area contributed by atoms with Gasteiger partial charge in [-0.25, -0.2) is 0 Å². The predicted molar refractivity (Wildman–Crippen MR) is 250 cm³/mol. The minimum Gasteiger partial charge on any atom is -0.456 e. The van der Waals surface area contributed by atoms with Crippen LogP contribution in [0, 0.1) is 71.2 Å². The van der Waals surface area contributed by atoms with Crippen LogP contribution in [0.1, 0.15) is 74.9 Å². The zero-order chi connectivity index (χ0) is 37.4. The molecule has 0 aliphatic rings.